The van der Waals surface area contributed by atoms with E-state index in [0.29, 0.717) is 6.04 Å². The molecule has 0 amide bonds. The highest BCUT2D eigenvalue weighted by molar-refractivity contribution is 5.80. The molecular weight excluding hydrogens is 179 g/mol. The highest BCUT2D eigenvalue weighted by Crippen LogP contribution is 2.24. The average molecular weight is 190 g/mol. The molecule has 14 heavy (non-hydrogen) atoms. The van der Waals surface area contributed by atoms with E-state index in [9.17, 15) is 4.39 Å². The molecule has 72 valence electrons. The van der Waals surface area contributed by atoms with Crippen molar-refractivity contribution in [3.05, 3.63) is 36.3 Å². The first-order valence-corrected chi connectivity index (χ1v) is 4.82. The number of benzene rings is 1. The molecule has 1 aromatic carbocycles. The smallest absolute Gasteiger partial charge is 0.147 e. The van der Waals surface area contributed by atoms with Crippen LogP contribution in [-0.4, -0.2) is 17.7 Å². The molecule has 0 atom stereocenters. The van der Waals surface area contributed by atoms with Gasteiger partial charge in [-0.15, -0.1) is 0 Å². The van der Waals surface area contributed by atoms with Crippen molar-refractivity contribution >= 4 is 10.9 Å². The van der Waals surface area contributed by atoms with Crippen LogP contribution in [0.2, 0.25) is 0 Å². The van der Waals surface area contributed by atoms with Gasteiger partial charge in [-0.05, 0) is 12.1 Å². The van der Waals surface area contributed by atoms with Gasteiger partial charge in [0.1, 0.15) is 5.82 Å². The van der Waals surface area contributed by atoms with Crippen molar-refractivity contribution in [3.8, 4) is 0 Å². The van der Waals surface area contributed by atoms with Crippen LogP contribution in [0, 0.1) is 5.82 Å². The highest BCUT2D eigenvalue weighted by Gasteiger charge is 2.20. The number of nitrogens with one attached hydrogen (secondary N) is 1. The Morgan fingerprint density at radius 1 is 1.29 bits per heavy atom. The van der Waals surface area contributed by atoms with Crippen molar-refractivity contribution in [2.75, 3.05) is 13.1 Å². The minimum Gasteiger partial charge on any atom is -0.339 e. The van der Waals surface area contributed by atoms with Gasteiger partial charge in [0.05, 0.1) is 11.6 Å². The lowest BCUT2D eigenvalue weighted by Crippen LogP contribution is -2.43. The highest BCUT2D eigenvalue weighted by atomic mass is 19.1. The predicted octanol–water partition coefficient (Wildman–Crippen LogP) is 1.92. The Balaban J connectivity index is 2.23. The number of fused-ring (bicyclic) bond motifs is 1. The van der Waals surface area contributed by atoms with E-state index in [2.05, 4.69) is 5.32 Å². The average Bonchev–Trinajstić information content (AvgIpc) is 2.47. The SMILES string of the molecule is Fc1cccc2ccn(C3CNC3)c12. The van der Waals surface area contributed by atoms with Gasteiger partial charge >= 0.3 is 0 Å². The number of rotatable bonds is 1. The minimum absolute atomic E-state index is 0.126. The monoisotopic (exact) mass is 190 g/mol. The largest absolute Gasteiger partial charge is 0.339 e. The number of halogens is 1. The first kappa shape index (κ1) is 8.00. The van der Waals surface area contributed by atoms with Gasteiger partial charge in [0.25, 0.3) is 0 Å². The summed E-state index contributed by atoms with van der Waals surface area (Å²) < 4.78 is 15.6. The van der Waals surface area contributed by atoms with Gasteiger partial charge in [0.2, 0.25) is 0 Å². The van der Waals surface area contributed by atoms with E-state index < -0.39 is 0 Å². The Kier molecular flexibility index (Phi) is 1.61. The Morgan fingerprint density at radius 3 is 2.86 bits per heavy atom. The first-order chi connectivity index (χ1) is 6.86. The molecule has 0 saturated carbocycles. The topological polar surface area (TPSA) is 17.0 Å². The maximum Gasteiger partial charge on any atom is 0.147 e. The molecule has 3 rings (SSSR count). The fourth-order valence-electron chi connectivity index (χ4n) is 1.95. The van der Waals surface area contributed by atoms with Crippen LogP contribution < -0.4 is 5.32 Å². The summed E-state index contributed by atoms with van der Waals surface area (Å²) >= 11 is 0. The van der Waals surface area contributed by atoms with Crippen LogP contribution in [0.25, 0.3) is 10.9 Å². The summed E-state index contributed by atoms with van der Waals surface area (Å²) in [5.74, 6) is -0.126. The van der Waals surface area contributed by atoms with Gasteiger partial charge in [-0.1, -0.05) is 12.1 Å². The standard InChI is InChI=1S/C11H11FN2/c12-10-3-1-2-8-4-5-14(11(8)10)9-6-13-7-9/h1-5,9,13H,6-7H2. The fraction of sp³-hybridized carbons (Fsp3) is 0.273. The molecule has 0 unspecified atom stereocenters. The van der Waals surface area contributed by atoms with Crippen LogP contribution in [-0.2, 0) is 0 Å². The molecule has 1 aliphatic heterocycles. The third-order valence-corrected chi connectivity index (χ3v) is 2.84. The molecule has 1 fully saturated rings. The van der Waals surface area contributed by atoms with E-state index in [-0.39, 0.29) is 5.82 Å². The summed E-state index contributed by atoms with van der Waals surface area (Å²) in [6.45, 7) is 1.89. The normalized spacial score (nSPS) is 17.2. The van der Waals surface area contributed by atoms with Gasteiger partial charge in [0.15, 0.2) is 0 Å². The molecule has 0 spiro atoms. The second-order valence-electron chi connectivity index (χ2n) is 3.71. The molecule has 2 nitrogen and oxygen atoms in total. The molecule has 1 aliphatic rings. The molecule has 0 radical (unpaired) electrons. The van der Waals surface area contributed by atoms with E-state index in [1.807, 2.05) is 22.9 Å². The second kappa shape index (κ2) is 2.82. The van der Waals surface area contributed by atoms with Gasteiger partial charge < -0.3 is 9.88 Å². The lowest BCUT2D eigenvalue weighted by molar-refractivity contribution is 0.350. The van der Waals surface area contributed by atoms with E-state index in [1.54, 1.807) is 6.07 Å². The molecule has 1 saturated heterocycles. The van der Waals surface area contributed by atoms with Crippen LogP contribution in [0.15, 0.2) is 30.5 Å². The lowest BCUT2D eigenvalue weighted by Gasteiger charge is -2.29. The zero-order chi connectivity index (χ0) is 9.54. The van der Waals surface area contributed by atoms with Gasteiger partial charge in [-0.2, -0.15) is 0 Å². The van der Waals surface area contributed by atoms with Crippen molar-refractivity contribution in [2.45, 2.75) is 6.04 Å². The Hall–Kier alpha value is -1.35. The van der Waals surface area contributed by atoms with E-state index in [4.69, 9.17) is 0 Å². The van der Waals surface area contributed by atoms with Crippen molar-refractivity contribution in [3.63, 3.8) is 0 Å². The summed E-state index contributed by atoms with van der Waals surface area (Å²) in [7, 11) is 0. The van der Waals surface area contributed by atoms with Gasteiger partial charge in [0, 0.05) is 24.7 Å². The summed E-state index contributed by atoms with van der Waals surface area (Å²) in [6.07, 6.45) is 1.97. The zero-order valence-electron chi connectivity index (χ0n) is 7.70. The number of para-hydroxylation sites is 1. The summed E-state index contributed by atoms with van der Waals surface area (Å²) in [5.41, 5.74) is 0.735. The number of hydrogen-bond acceptors (Lipinski definition) is 1. The van der Waals surface area contributed by atoms with Crippen molar-refractivity contribution < 1.29 is 4.39 Å². The quantitative estimate of drug-likeness (QED) is 0.727. The van der Waals surface area contributed by atoms with Gasteiger partial charge in [-0.3, -0.25) is 0 Å². The molecule has 1 aromatic heterocycles. The van der Waals surface area contributed by atoms with Crippen LogP contribution in [0.4, 0.5) is 4.39 Å². The Bertz CT molecular complexity index is 471. The minimum atomic E-state index is -0.126. The Morgan fingerprint density at radius 2 is 2.14 bits per heavy atom. The maximum atomic E-state index is 13.6. The van der Waals surface area contributed by atoms with Crippen molar-refractivity contribution in [1.29, 1.82) is 0 Å². The molecule has 1 N–H and O–H groups in total. The summed E-state index contributed by atoms with van der Waals surface area (Å²) in [4.78, 5) is 0. The summed E-state index contributed by atoms with van der Waals surface area (Å²) in [5, 5.41) is 4.17. The fourth-order valence-corrected chi connectivity index (χ4v) is 1.95. The van der Waals surface area contributed by atoms with E-state index in [0.717, 1.165) is 24.0 Å². The van der Waals surface area contributed by atoms with Crippen LogP contribution in [0.1, 0.15) is 6.04 Å². The zero-order valence-corrected chi connectivity index (χ0v) is 7.70. The first-order valence-electron chi connectivity index (χ1n) is 4.82. The predicted molar refractivity (Wildman–Crippen MR) is 53.8 cm³/mol. The lowest BCUT2D eigenvalue weighted by atomic mass is 10.1. The molecule has 0 aliphatic carbocycles. The third-order valence-electron chi connectivity index (χ3n) is 2.84. The number of nitrogens with zero attached hydrogens (tertiary/aromatic N) is 1. The van der Waals surface area contributed by atoms with Crippen LogP contribution >= 0.6 is 0 Å². The van der Waals surface area contributed by atoms with Gasteiger partial charge in [-0.25, -0.2) is 4.39 Å². The maximum absolute atomic E-state index is 13.6. The van der Waals surface area contributed by atoms with Crippen LogP contribution in [0.5, 0.6) is 0 Å². The van der Waals surface area contributed by atoms with Crippen LogP contribution in [0.3, 0.4) is 0 Å². The molecular formula is C11H11FN2. The second-order valence-corrected chi connectivity index (χ2v) is 3.71. The van der Waals surface area contributed by atoms with Crippen molar-refractivity contribution in [2.24, 2.45) is 0 Å². The summed E-state index contributed by atoms with van der Waals surface area (Å²) in [6, 6.07) is 7.60. The van der Waals surface area contributed by atoms with Crippen molar-refractivity contribution in [1.82, 2.24) is 9.88 Å². The van der Waals surface area contributed by atoms with E-state index >= 15 is 0 Å². The molecule has 2 heterocycles. The van der Waals surface area contributed by atoms with E-state index in [1.165, 1.54) is 6.07 Å². The Labute approximate surface area is 81.3 Å². The number of aromatic nitrogens is 1. The number of hydrogen-bond donors (Lipinski definition) is 1. The molecule has 3 heteroatoms. The molecule has 0 bridgehead atoms. The third kappa shape index (κ3) is 0.990. The molecule has 2 aromatic rings.